The van der Waals surface area contributed by atoms with Gasteiger partial charge in [0.2, 0.25) is 0 Å². The van der Waals surface area contributed by atoms with Gasteiger partial charge in [0.1, 0.15) is 0 Å². The number of benzene rings is 1. The van der Waals surface area contributed by atoms with Gasteiger partial charge in [0.25, 0.3) is 0 Å². The molecule has 17 heavy (non-hydrogen) atoms. The molecule has 2 atom stereocenters. The highest BCUT2D eigenvalue weighted by Crippen LogP contribution is 2.37. The number of hydrogen-bond acceptors (Lipinski definition) is 3. The van der Waals surface area contributed by atoms with Crippen LogP contribution in [0.2, 0.25) is 0 Å². The smallest absolute Gasteiger partial charge is 0.316 e. The summed E-state index contributed by atoms with van der Waals surface area (Å²) >= 11 is 0. The number of methoxy groups -OCH3 is 1. The number of carbonyl (C=O) groups excluding carboxylic acids is 1. The zero-order valence-corrected chi connectivity index (χ0v) is 9.80. The first-order valence-electron chi connectivity index (χ1n) is 5.66. The van der Waals surface area contributed by atoms with Crippen molar-refractivity contribution < 1.29 is 14.6 Å². The van der Waals surface area contributed by atoms with E-state index in [9.17, 15) is 9.90 Å². The minimum absolute atomic E-state index is 0.283. The summed E-state index contributed by atoms with van der Waals surface area (Å²) < 4.78 is 4.86. The number of rotatable bonds is 3. The molecule has 0 bridgehead atoms. The SMILES string of the molecule is COC(=O)[C@]1(Cc2ccccc2)C=C[C@@H](O)C1. The van der Waals surface area contributed by atoms with E-state index in [4.69, 9.17) is 4.74 Å². The van der Waals surface area contributed by atoms with Gasteiger partial charge in [0.15, 0.2) is 0 Å². The second kappa shape index (κ2) is 4.72. The Labute approximate surface area is 101 Å². The third kappa shape index (κ3) is 2.39. The second-order valence-corrected chi connectivity index (χ2v) is 4.44. The summed E-state index contributed by atoms with van der Waals surface area (Å²) in [5.41, 5.74) is 0.354. The average Bonchev–Trinajstić information content (AvgIpc) is 2.72. The van der Waals surface area contributed by atoms with Gasteiger partial charge < -0.3 is 9.84 Å². The van der Waals surface area contributed by atoms with E-state index in [1.165, 1.54) is 7.11 Å². The molecule has 3 heteroatoms. The van der Waals surface area contributed by atoms with Crippen molar-refractivity contribution >= 4 is 5.97 Å². The summed E-state index contributed by atoms with van der Waals surface area (Å²) in [5.74, 6) is -0.283. The van der Waals surface area contributed by atoms with Crippen molar-refractivity contribution in [3.8, 4) is 0 Å². The van der Waals surface area contributed by atoms with Gasteiger partial charge in [-0.2, -0.15) is 0 Å². The summed E-state index contributed by atoms with van der Waals surface area (Å²) in [6.45, 7) is 0. The molecule has 0 aliphatic heterocycles. The first kappa shape index (κ1) is 11.9. The van der Waals surface area contributed by atoms with Crippen molar-refractivity contribution in [3.63, 3.8) is 0 Å². The molecule has 1 aromatic rings. The zero-order chi connectivity index (χ0) is 12.3. The Bertz CT molecular complexity index is 424. The Hall–Kier alpha value is -1.61. The molecule has 0 heterocycles. The molecule has 1 N–H and O–H groups in total. The highest BCUT2D eigenvalue weighted by Gasteiger charge is 2.42. The fourth-order valence-electron chi connectivity index (χ4n) is 2.32. The Balaban J connectivity index is 2.24. The molecule has 1 aromatic carbocycles. The molecule has 0 unspecified atom stereocenters. The number of hydrogen-bond donors (Lipinski definition) is 1. The van der Waals surface area contributed by atoms with Crippen molar-refractivity contribution in [1.82, 2.24) is 0 Å². The molecule has 0 spiro atoms. The lowest BCUT2D eigenvalue weighted by molar-refractivity contribution is -0.150. The number of esters is 1. The minimum Gasteiger partial charge on any atom is -0.468 e. The zero-order valence-electron chi connectivity index (χ0n) is 9.80. The van der Waals surface area contributed by atoms with Crippen LogP contribution in [0.4, 0.5) is 0 Å². The lowest BCUT2D eigenvalue weighted by Crippen LogP contribution is -2.32. The molecule has 0 amide bonds. The van der Waals surface area contributed by atoms with Crippen molar-refractivity contribution in [2.45, 2.75) is 18.9 Å². The van der Waals surface area contributed by atoms with Crippen molar-refractivity contribution in [3.05, 3.63) is 48.0 Å². The molecule has 0 saturated carbocycles. The Morgan fingerprint density at radius 3 is 2.71 bits per heavy atom. The lowest BCUT2D eigenvalue weighted by atomic mass is 9.81. The number of carbonyl (C=O) groups is 1. The molecule has 0 saturated heterocycles. The van der Waals surface area contributed by atoms with Gasteiger partial charge in [0, 0.05) is 0 Å². The van der Waals surface area contributed by atoms with E-state index in [1.54, 1.807) is 12.2 Å². The van der Waals surface area contributed by atoms with Crippen LogP contribution in [-0.4, -0.2) is 24.3 Å². The Morgan fingerprint density at radius 1 is 1.47 bits per heavy atom. The predicted molar refractivity (Wildman–Crippen MR) is 64.4 cm³/mol. The summed E-state index contributed by atoms with van der Waals surface area (Å²) in [6, 6.07) is 9.77. The fraction of sp³-hybridized carbons (Fsp3) is 0.357. The van der Waals surface area contributed by atoms with Crippen LogP contribution in [0.25, 0.3) is 0 Å². The van der Waals surface area contributed by atoms with E-state index in [0.29, 0.717) is 12.8 Å². The average molecular weight is 232 g/mol. The standard InChI is InChI=1S/C14H16O3/c1-17-13(16)14(8-7-12(15)10-14)9-11-5-3-2-4-6-11/h2-8,12,15H,9-10H2,1H3/t12-,14+/m1/s1. The van der Waals surface area contributed by atoms with E-state index in [0.717, 1.165) is 5.56 Å². The van der Waals surface area contributed by atoms with Gasteiger partial charge in [-0.05, 0) is 18.4 Å². The van der Waals surface area contributed by atoms with Gasteiger partial charge in [-0.15, -0.1) is 0 Å². The van der Waals surface area contributed by atoms with Crippen LogP contribution in [-0.2, 0) is 16.0 Å². The molecule has 1 aliphatic carbocycles. The number of ether oxygens (including phenoxy) is 1. The topological polar surface area (TPSA) is 46.5 Å². The molecular formula is C14H16O3. The third-order valence-electron chi connectivity index (χ3n) is 3.17. The van der Waals surface area contributed by atoms with Crippen LogP contribution in [0.1, 0.15) is 12.0 Å². The van der Waals surface area contributed by atoms with Crippen LogP contribution < -0.4 is 0 Å². The monoisotopic (exact) mass is 232 g/mol. The van der Waals surface area contributed by atoms with Crippen molar-refractivity contribution in [2.75, 3.05) is 7.11 Å². The molecule has 0 fully saturated rings. The maximum Gasteiger partial charge on any atom is 0.316 e. The molecule has 1 aliphatic rings. The maximum absolute atomic E-state index is 11.9. The molecule has 0 aromatic heterocycles. The van der Waals surface area contributed by atoms with Crippen molar-refractivity contribution in [1.29, 1.82) is 0 Å². The highest BCUT2D eigenvalue weighted by atomic mass is 16.5. The normalized spacial score (nSPS) is 27.1. The van der Waals surface area contributed by atoms with E-state index in [1.807, 2.05) is 30.3 Å². The highest BCUT2D eigenvalue weighted by molar-refractivity contribution is 5.80. The first-order chi connectivity index (χ1) is 8.16. The molecule has 3 nitrogen and oxygen atoms in total. The quantitative estimate of drug-likeness (QED) is 0.637. The van der Waals surface area contributed by atoms with Crippen LogP contribution in [0.5, 0.6) is 0 Å². The number of aliphatic hydroxyl groups is 1. The van der Waals surface area contributed by atoms with Crippen LogP contribution >= 0.6 is 0 Å². The van der Waals surface area contributed by atoms with Gasteiger partial charge in [0.05, 0.1) is 18.6 Å². The van der Waals surface area contributed by atoms with Gasteiger partial charge >= 0.3 is 5.97 Å². The van der Waals surface area contributed by atoms with Crippen LogP contribution in [0.15, 0.2) is 42.5 Å². The maximum atomic E-state index is 11.9. The van der Waals surface area contributed by atoms with Gasteiger partial charge in [-0.1, -0.05) is 42.5 Å². The fourth-order valence-corrected chi connectivity index (χ4v) is 2.32. The second-order valence-electron chi connectivity index (χ2n) is 4.44. The summed E-state index contributed by atoms with van der Waals surface area (Å²) in [4.78, 5) is 11.9. The first-order valence-corrected chi connectivity index (χ1v) is 5.66. The Kier molecular flexibility index (Phi) is 3.29. The largest absolute Gasteiger partial charge is 0.468 e. The molecule has 2 rings (SSSR count). The van der Waals surface area contributed by atoms with E-state index >= 15 is 0 Å². The lowest BCUT2D eigenvalue weighted by Gasteiger charge is -2.24. The van der Waals surface area contributed by atoms with E-state index in [2.05, 4.69) is 0 Å². The van der Waals surface area contributed by atoms with Crippen LogP contribution in [0, 0.1) is 5.41 Å². The molecule has 0 radical (unpaired) electrons. The minimum atomic E-state index is -0.713. The Morgan fingerprint density at radius 2 is 2.18 bits per heavy atom. The van der Waals surface area contributed by atoms with Gasteiger partial charge in [-0.3, -0.25) is 4.79 Å². The molecular weight excluding hydrogens is 216 g/mol. The summed E-state index contributed by atoms with van der Waals surface area (Å²) in [5, 5.41) is 9.59. The van der Waals surface area contributed by atoms with Crippen LogP contribution in [0.3, 0.4) is 0 Å². The third-order valence-corrected chi connectivity index (χ3v) is 3.17. The van der Waals surface area contributed by atoms with Gasteiger partial charge in [-0.25, -0.2) is 0 Å². The molecule has 90 valence electrons. The van der Waals surface area contributed by atoms with Crippen molar-refractivity contribution in [2.24, 2.45) is 5.41 Å². The summed E-state index contributed by atoms with van der Waals surface area (Å²) in [6.07, 6.45) is 3.84. The number of aliphatic hydroxyl groups excluding tert-OH is 1. The summed E-state index contributed by atoms with van der Waals surface area (Å²) in [7, 11) is 1.38. The predicted octanol–water partition coefficient (Wildman–Crippen LogP) is 1.71. The van der Waals surface area contributed by atoms with E-state index < -0.39 is 11.5 Å². The van der Waals surface area contributed by atoms with E-state index in [-0.39, 0.29) is 5.97 Å².